The number of nitro groups is 1. The van der Waals surface area contributed by atoms with E-state index in [4.69, 9.17) is 0 Å². The Morgan fingerprint density at radius 3 is 2.20 bits per heavy atom. The molecular weight excluding hydrogens is 406 g/mol. The highest BCUT2D eigenvalue weighted by Crippen LogP contribution is 2.21. The first-order valence-electron chi connectivity index (χ1n) is 9.47. The molecule has 1 saturated heterocycles. The second-order valence-corrected chi connectivity index (χ2v) is 9.10. The Balaban J connectivity index is 1.61. The minimum Gasteiger partial charge on any atom is -0.337 e. The molecule has 30 heavy (non-hydrogen) atoms. The summed E-state index contributed by atoms with van der Waals surface area (Å²) in [4.78, 5) is 24.5. The van der Waals surface area contributed by atoms with Crippen molar-refractivity contribution in [2.24, 2.45) is 0 Å². The van der Waals surface area contributed by atoms with Crippen molar-refractivity contribution in [2.45, 2.75) is 18.7 Å². The van der Waals surface area contributed by atoms with Crippen molar-refractivity contribution < 1.29 is 18.1 Å². The van der Waals surface area contributed by atoms with Gasteiger partial charge in [0.2, 0.25) is 15.9 Å². The SMILES string of the molecule is Cc1ccc(S(=O)(=O)N2CCN(C(=O)C=Cc3ccc([N+](=O)[O-])cc3)CC2)cc1C. The lowest BCUT2D eigenvalue weighted by Gasteiger charge is -2.33. The van der Waals surface area contributed by atoms with Gasteiger partial charge in [0.05, 0.1) is 9.82 Å². The third-order valence-electron chi connectivity index (χ3n) is 5.19. The summed E-state index contributed by atoms with van der Waals surface area (Å²) in [7, 11) is -3.59. The van der Waals surface area contributed by atoms with Crippen molar-refractivity contribution >= 4 is 27.7 Å². The number of piperazine rings is 1. The molecule has 0 aromatic heterocycles. The maximum Gasteiger partial charge on any atom is 0.269 e. The molecule has 1 heterocycles. The van der Waals surface area contributed by atoms with Gasteiger partial charge in [0, 0.05) is 44.4 Å². The highest BCUT2D eigenvalue weighted by atomic mass is 32.2. The third-order valence-corrected chi connectivity index (χ3v) is 7.08. The van der Waals surface area contributed by atoms with Gasteiger partial charge in [-0.05, 0) is 60.9 Å². The van der Waals surface area contributed by atoms with Gasteiger partial charge in [-0.1, -0.05) is 6.07 Å². The Morgan fingerprint density at radius 1 is 1.00 bits per heavy atom. The van der Waals surface area contributed by atoms with Gasteiger partial charge in [-0.3, -0.25) is 14.9 Å². The number of amides is 1. The van der Waals surface area contributed by atoms with Crippen LogP contribution in [0.2, 0.25) is 0 Å². The summed E-state index contributed by atoms with van der Waals surface area (Å²) >= 11 is 0. The molecular formula is C21H23N3O5S. The standard InChI is InChI=1S/C21H23N3O5S/c1-16-3-9-20(15-17(16)2)30(28,29)23-13-11-22(12-14-23)21(25)10-6-18-4-7-19(8-5-18)24(26)27/h3-10,15H,11-14H2,1-2H3. The minimum absolute atomic E-state index is 0.0143. The first-order valence-corrected chi connectivity index (χ1v) is 10.9. The summed E-state index contributed by atoms with van der Waals surface area (Å²) in [6.45, 7) is 4.86. The van der Waals surface area contributed by atoms with Crippen molar-refractivity contribution in [3.05, 3.63) is 75.3 Å². The van der Waals surface area contributed by atoms with Gasteiger partial charge in [-0.2, -0.15) is 4.31 Å². The van der Waals surface area contributed by atoms with Gasteiger partial charge >= 0.3 is 0 Å². The molecule has 0 spiro atoms. The molecule has 1 aliphatic rings. The highest BCUT2D eigenvalue weighted by molar-refractivity contribution is 7.89. The molecule has 0 aliphatic carbocycles. The quantitative estimate of drug-likeness (QED) is 0.413. The van der Waals surface area contributed by atoms with Crippen LogP contribution in [0.25, 0.3) is 6.08 Å². The van der Waals surface area contributed by atoms with Crippen LogP contribution in [0, 0.1) is 24.0 Å². The van der Waals surface area contributed by atoms with E-state index in [1.165, 1.54) is 22.5 Å². The van der Waals surface area contributed by atoms with E-state index < -0.39 is 14.9 Å². The number of hydrogen-bond donors (Lipinski definition) is 0. The summed E-state index contributed by atoms with van der Waals surface area (Å²) in [5, 5.41) is 10.7. The maximum absolute atomic E-state index is 12.9. The van der Waals surface area contributed by atoms with E-state index in [9.17, 15) is 23.3 Å². The van der Waals surface area contributed by atoms with Gasteiger partial charge in [-0.25, -0.2) is 8.42 Å². The summed E-state index contributed by atoms with van der Waals surface area (Å²) in [5.41, 5.74) is 2.61. The van der Waals surface area contributed by atoms with Gasteiger partial charge in [0.25, 0.3) is 5.69 Å². The fourth-order valence-corrected chi connectivity index (χ4v) is 4.66. The highest BCUT2D eigenvalue weighted by Gasteiger charge is 2.29. The van der Waals surface area contributed by atoms with Gasteiger partial charge in [0.15, 0.2) is 0 Å². The summed E-state index contributed by atoms with van der Waals surface area (Å²) in [6.07, 6.45) is 2.99. The second-order valence-electron chi connectivity index (χ2n) is 7.16. The molecule has 0 bridgehead atoms. The predicted molar refractivity (Wildman–Crippen MR) is 113 cm³/mol. The van der Waals surface area contributed by atoms with E-state index in [0.29, 0.717) is 18.7 Å². The number of carbonyl (C=O) groups is 1. The van der Waals surface area contributed by atoms with E-state index in [-0.39, 0.29) is 29.6 Å². The summed E-state index contributed by atoms with van der Waals surface area (Å²) in [5.74, 6) is -0.225. The number of aryl methyl sites for hydroxylation is 2. The molecule has 158 valence electrons. The zero-order valence-corrected chi connectivity index (χ0v) is 17.6. The Kier molecular flexibility index (Phi) is 6.33. The first kappa shape index (κ1) is 21.7. The van der Waals surface area contributed by atoms with Crippen molar-refractivity contribution in [1.82, 2.24) is 9.21 Å². The van der Waals surface area contributed by atoms with E-state index >= 15 is 0 Å². The van der Waals surface area contributed by atoms with Crippen molar-refractivity contribution in [3.8, 4) is 0 Å². The van der Waals surface area contributed by atoms with Crippen LogP contribution in [0.15, 0.2) is 53.4 Å². The van der Waals surface area contributed by atoms with Gasteiger partial charge < -0.3 is 4.90 Å². The van der Waals surface area contributed by atoms with Crippen molar-refractivity contribution in [1.29, 1.82) is 0 Å². The molecule has 0 unspecified atom stereocenters. The van der Waals surface area contributed by atoms with Gasteiger partial charge in [0.1, 0.15) is 0 Å². The molecule has 0 atom stereocenters. The third kappa shape index (κ3) is 4.74. The van der Waals surface area contributed by atoms with Crippen LogP contribution in [0.5, 0.6) is 0 Å². The van der Waals surface area contributed by atoms with E-state index in [0.717, 1.165) is 11.1 Å². The lowest BCUT2D eigenvalue weighted by atomic mass is 10.1. The van der Waals surface area contributed by atoms with E-state index in [2.05, 4.69) is 0 Å². The predicted octanol–water partition coefficient (Wildman–Crippen LogP) is 2.76. The summed E-state index contributed by atoms with van der Waals surface area (Å²) < 4.78 is 27.2. The number of hydrogen-bond acceptors (Lipinski definition) is 5. The topological polar surface area (TPSA) is 101 Å². The molecule has 9 heteroatoms. The zero-order valence-electron chi connectivity index (χ0n) is 16.8. The molecule has 0 N–H and O–H groups in total. The molecule has 1 fully saturated rings. The molecule has 0 saturated carbocycles. The first-order chi connectivity index (χ1) is 14.2. The lowest BCUT2D eigenvalue weighted by molar-refractivity contribution is -0.384. The van der Waals surface area contributed by atoms with Crippen molar-refractivity contribution in [2.75, 3.05) is 26.2 Å². The zero-order chi connectivity index (χ0) is 21.9. The molecule has 1 aliphatic heterocycles. The number of rotatable bonds is 5. The fourth-order valence-electron chi connectivity index (χ4n) is 3.15. The lowest BCUT2D eigenvalue weighted by Crippen LogP contribution is -2.50. The molecule has 2 aromatic carbocycles. The average Bonchev–Trinajstić information content (AvgIpc) is 2.74. The number of nitrogens with zero attached hydrogens (tertiary/aromatic N) is 3. The minimum atomic E-state index is -3.59. The number of carbonyl (C=O) groups excluding carboxylic acids is 1. The van der Waals surface area contributed by atoms with E-state index in [1.807, 2.05) is 13.8 Å². The largest absolute Gasteiger partial charge is 0.337 e. The molecule has 3 rings (SSSR count). The second kappa shape index (κ2) is 8.76. The van der Waals surface area contributed by atoms with Crippen molar-refractivity contribution in [3.63, 3.8) is 0 Å². The Bertz CT molecular complexity index is 1090. The van der Waals surface area contributed by atoms with Crippen LogP contribution >= 0.6 is 0 Å². The Hall–Kier alpha value is -3.04. The van der Waals surface area contributed by atoms with Crippen LogP contribution in [0.1, 0.15) is 16.7 Å². The van der Waals surface area contributed by atoms with Crippen LogP contribution in [0.3, 0.4) is 0 Å². The van der Waals surface area contributed by atoms with Crippen LogP contribution in [-0.2, 0) is 14.8 Å². The molecule has 8 nitrogen and oxygen atoms in total. The van der Waals surface area contributed by atoms with Crippen LogP contribution in [-0.4, -0.2) is 54.6 Å². The average molecular weight is 429 g/mol. The van der Waals surface area contributed by atoms with Crippen LogP contribution < -0.4 is 0 Å². The fraction of sp³-hybridized carbons (Fsp3) is 0.286. The Morgan fingerprint density at radius 2 is 1.63 bits per heavy atom. The smallest absolute Gasteiger partial charge is 0.269 e. The number of benzene rings is 2. The van der Waals surface area contributed by atoms with Gasteiger partial charge in [-0.15, -0.1) is 0 Å². The molecule has 0 radical (unpaired) electrons. The molecule has 2 aromatic rings. The van der Waals surface area contributed by atoms with Crippen LogP contribution in [0.4, 0.5) is 5.69 Å². The summed E-state index contributed by atoms with van der Waals surface area (Å²) in [6, 6.07) is 11.0. The maximum atomic E-state index is 12.9. The van der Waals surface area contributed by atoms with E-state index in [1.54, 1.807) is 41.3 Å². The monoisotopic (exact) mass is 429 g/mol. The Labute approximate surface area is 175 Å². The number of non-ortho nitro benzene ring substituents is 1. The number of sulfonamides is 1. The normalized spacial score (nSPS) is 15.5. The molecule has 1 amide bonds. The number of nitro benzene ring substituents is 1.